The summed E-state index contributed by atoms with van der Waals surface area (Å²) in [6, 6.07) is 20.6. The first-order chi connectivity index (χ1) is 19.8. The van der Waals surface area contributed by atoms with Crippen LogP contribution in [0, 0.1) is 6.92 Å². The highest BCUT2D eigenvalue weighted by Crippen LogP contribution is 2.31. The molecule has 0 unspecified atom stereocenters. The van der Waals surface area contributed by atoms with Crippen molar-refractivity contribution in [3.63, 3.8) is 0 Å². The van der Waals surface area contributed by atoms with Gasteiger partial charge in [-0.05, 0) is 74.4 Å². The lowest BCUT2D eigenvalue weighted by atomic mass is 9.96. The number of methoxy groups -OCH3 is 1. The third-order valence-electron chi connectivity index (χ3n) is 6.59. The van der Waals surface area contributed by atoms with E-state index in [4.69, 9.17) is 14.2 Å². The highest BCUT2D eigenvalue weighted by Gasteiger charge is 2.33. The van der Waals surface area contributed by atoms with Crippen molar-refractivity contribution in [1.82, 2.24) is 4.57 Å². The normalized spacial score (nSPS) is 14.7. The van der Waals surface area contributed by atoms with Gasteiger partial charge in [-0.2, -0.15) is 0 Å². The number of thiazole rings is 1. The second-order valence-electron chi connectivity index (χ2n) is 9.40. The monoisotopic (exact) mass is 568 g/mol. The van der Waals surface area contributed by atoms with Gasteiger partial charge >= 0.3 is 11.9 Å². The molecule has 0 saturated heterocycles. The summed E-state index contributed by atoms with van der Waals surface area (Å²) in [5.41, 5.74) is 3.45. The average Bonchev–Trinajstić information content (AvgIpc) is 3.27. The Balaban J connectivity index is 1.50. The largest absolute Gasteiger partial charge is 0.497 e. The van der Waals surface area contributed by atoms with E-state index in [1.165, 1.54) is 15.9 Å². The quantitative estimate of drug-likeness (QED) is 0.243. The SMILES string of the molecule is CCOC(=O)C1=C(C)N=c2s/c(=C/c3ccc(OC(=O)c4cccc(C)c4)cc3)c(=O)n2[C@H]1c1ccc(OC)cc1. The van der Waals surface area contributed by atoms with Crippen molar-refractivity contribution in [2.45, 2.75) is 26.8 Å². The minimum Gasteiger partial charge on any atom is -0.497 e. The molecule has 0 amide bonds. The van der Waals surface area contributed by atoms with E-state index in [0.717, 1.165) is 16.7 Å². The van der Waals surface area contributed by atoms with Gasteiger partial charge in [-0.15, -0.1) is 0 Å². The smallest absolute Gasteiger partial charge is 0.343 e. The molecule has 1 aliphatic heterocycles. The third kappa shape index (κ3) is 5.76. The number of nitrogens with zero attached hydrogens (tertiary/aromatic N) is 2. The van der Waals surface area contributed by atoms with E-state index in [-0.39, 0.29) is 12.2 Å². The van der Waals surface area contributed by atoms with Gasteiger partial charge < -0.3 is 14.2 Å². The number of carbonyl (C=O) groups is 2. The maximum absolute atomic E-state index is 13.8. The van der Waals surface area contributed by atoms with Crippen molar-refractivity contribution in [1.29, 1.82) is 0 Å². The number of ether oxygens (including phenoxy) is 3. The molecular formula is C32H28N2O6S. The third-order valence-corrected chi connectivity index (χ3v) is 7.57. The molecule has 41 heavy (non-hydrogen) atoms. The number of carbonyl (C=O) groups excluding carboxylic acids is 2. The number of hydrogen-bond acceptors (Lipinski definition) is 8. The van der Waals surface area contributed by atoms with Crippen LogP contribution in [0.5, 0.6) is 11.5 Å². The maximum Gasteiger partial charge on any atom is 0.343 e. The number of esters is 2. The highest BCUT2D eigenvalue weighted by atomic mass is 32.1. The minimum atomic E-state index is -0.707. The first-order valence-electron chi connectivity index (χ1n) is 13.0. The van der Waals surface area contributed by atoms with Crippen LogP contribution in [0.15, 0.2) is 93.9 Å². The zero-order valence-electron chi connectivity index (χ0n) is 23.0. The Bertz CT molecular complexity index is 1830. The van der Waals surface area contributed by atoms with Crippen LogP contribution in [0.3, 0.4) is 0 Å². The summed E-state index contributed by atoms with van der Waals surface area (Å²) < 4.78 is 18.1. The molecule has 1 aliphatic rings. The summed E-state index contributed by atoms with van der Waals surface area (Å²) in [5, 5.41) is 0. The van der Waals surface area contributed by atoms with E-state index in [2.05, 4.69) is 4.99 Å². The summed E-state index contributed by atoms with van der Waals surface area (Å²) >= 11 is 1.24. The fraction of sp³-hybridized carbons (Fsp3) is 0.188. The molecule has 8 nitrogen and oxygen atoms in total. The molecule has 0 N–H and O–H groups in total. The number of rotatable bonds is 7. The average molecular weight is 569 g/mol. The number of aromatic nitrogens is 1. The van der Waals surface area contributed by atoms with Gasteiger partial charge in [-0.1, -0.05) is 53.3 Å². The molecule has 208 valence electrons. The van der Waals surface area contributed by atoms with Crippen LogP contribution in [0.2, 0.25) is 0 Å². The van der Waals surface area contributed by atoms with Crippen molar-refractivity contribution < 1.29 is 23.8 Å². The molecule has 0 saturated carbocycles. The Morgan fingerprint density at radius 1 is 0.976 bits per heavy atom. The van der Waals surface area contributed by atoms with Crippen molar-refractivity contribution in [3.05, 3.63) is 126 Å². The number of allylic oxidation sites excluding steroid dienone is 1. The van der Waals surface area contributed by atoms with E-state index >= 15 is 0 Å². The summed E-state index contributed by atoms with van der Waals surface area (Å²) in [6.45, 7) is 5.59. The Morgan fingerprint density at radius 2 is 1.68 bits per heavy atom. The Hall–Kier alpha value is -4.76. The van der Waals surface area contributed by atoms with Gasteiger partial charge in [0.2, 0.25) is 0 Å². The van der Waals surface area contributed by atoms with Gasteiger partial charge in [0.1, 0.15) is 11.5 Å². The summed E-state index contributed by atoms with van der Waals surface area (Å²) in [6.07, 6.45) is 1.75. The second kappa shape index (κ2) is 11.8. The summed E-state index contributed by atoms with van der Waals surface area (Å²) in [5.74, 6) is 0.0950. The van der Waals surface area contributed by atoms with E-state index in [9.17, 15) is 14.4 Å². The van der Waals surface area contributed by atoms with Gasteiger partial charge in [-0.3, -0.25) is 9.36 Å². The first kappa shape index (κ1) is 27.8. The fourth-order valence-corrected chi connectivity index (χ4v) is 5.66. The highest BCUT2D eigenvalue weighted by molar-refractivity contribution is 7.07. The van der Waals surface area contributed by atoms with E-state index in [1.807, 2.05) is 25.1 Å². The molecular weight excluding hydrogens is 540 g/mol. The van der Waals surface area contributed by atoms with Crippen molar-refractivity contribution >= 4 is 29.4 Å². The maximum atomic E-state index is 13.8. The predicted molar refractivity (Wildman–Crippen MR) is 156 cm³/mol. The van der Waals surface area contributed by atoms with Crippen LogP contribution >= 0.6 is 11.3 Å². The molecule has 1 atom stereocenters. The first-order valence-corrected chi connectivity index (χ1v) is 13.8. The Kier molecular flexibility index (Phi) is 7.98. The topological polar surface area (TPSA) is 96.2 Å². The number of fused-ring (bicyclic) bond motifs is 1. The van der Waals surface area contributed by atoms with Crippen LogP contribution in [-0.2, 0) is 9.53 Å². The second-order valence-corrected chi connectivity index (χ2v) is 10.4. The zero-order chi connectivity index (χ0) is 29.1. The van der Waals surface area contributed by atoms with Crippen LogP contribution in [0.4, 0.5) is 0 Å². The van der Waals surface area contributed by atoms with Crippen LogP contribution in [0.25, 0.3) is 6.08 Å². The van der Waals surface area contributed by atoms with Gasteiger partial charge in [0.05, 0.1) is 41.1 Å². The molecule has 4 aromatic rings. The fourth-order valence-electron chi connectivity index (χ4n) is 4.61. The molecule has 0 spiro atoms. The molecule has 0 fully saturated rings. The van der Waals surface area contributed by atoms with Gasteiger partial charge in [0.15, 0.2) is 4.80 Å². The predicted octanol–water partition coefficient (Wildman–Crippen LogP) is 4.33. The van der Waals surface area contributed by atoms with E-state index < -0.39 is 18.0 Å². The van der Waals surface area contributed by atoms with Crippen molar-refractivity contribution in [2.24, 2.45) is 4.99 Å². The summed E-state index contributed by atoms with van der Waals surface area (Å²) in [7, 11) is 1.58. The molecule has 9 heteroatoms. The minimum absolute atomic E-state index is 0.200. The molecule has 0 aliphatic carbocycles. The van der Waals surface area contributed by atoms with Crippen molar-refractivity contribution in [2.75, 3.05) is 13.7 Å². The molecule has 5 rings (SSSR count). The van der Waals surface area contributed by atoms with Crippen LogP contribution in [-0.4, -0.2) is 30.2 Å². The van der Waals surface area contributed by atoms with Crippen LogP contribution < -0.4 is 24.4 Å². The number of aryl methyl sites for hydroxylation is 1. The van der Waals surface area contributed by atoms with E-state index in [1.54, 1.807) is 81.6 Å². The molecule has 1 aromatic heterocycles. The van der Waals surface area contributed by atoms with Gasteiger partial charge in [0, 0.05) is 0 Å². The Labute approximate surface area is 240 Å². The van der Waals surface area contributed by atoms with Crippen LogP contribution in [0.1, 0.15) is 46.9 Å². The molecule has 0 radical (unpaired) electrons. The van der Waals surface area contributed by atoms with Gasteiger partial charge in [0.25, 0.3) is 5.56 Å². The summed E-state index contributed by atoms with van der Waals surface area (Å²) in [4.78, 5) is 44.4. The lowest BCUT2D eigenvalue weighted by Gasteiger charge is -2.24. The lowest BCUT2D eigenvalue weighted by Crippen LogP contribution is -2.39. The van der Waals surface area contributed by atoms with Gasteiger partial charge in [-0.25, -0.2) is 14.6 Å². The zero-order valence-corrected chi connectivity index (χ0v) is 23.9. The molecule has 3 aromatic carbocycles. The van der Waals surface area contributed by atoms with Crippen molar-refractivity contribution in [3.8, 4) is 11.5 Å². The lowest BCUT2D eigenvalue weighted by molar-refractivity contribution is -0.139. The van der Waals surface area contributed by atoms with E-state index in [0.29, 0.717) is 37.7 Å². The molecule has 2 heterocycles. The molecule has 0 bridgehead atoms. The number of hydrogen-bond donors (Lipinski definition) is 0. The number of benzene rings is 3. The Morgan fingerprint density at radius 3 is 2.34 bits per heavy atom. The standard InChI is InChI=1S/C32H28N2O6S/c1-5-39-31(37)27-20(3)33-32-34(28(27)22-11-15-24(38-4)16-12-22)29(35)26(41-32)18-21-9-13-25(14-10-21)40-30(36)23-8-6-7-19(2)17-23/h6-18,28H,5H2,1-4H3/b26-18+/t28-/m0/s1.